The molecule has 0 unspecified atom stereocenters. The van der Waals surface area contributed by atoms with E-state index in [9.17, 15) is 13.2 Å². The number of halogens is 1. The molecule has 2 aromatic rings. The lowest BCUT2D eigenvalue weighted by Gasteiger charge is -2.08. The maximum atomic E-state index is 12.1. The van der Waals surface area contributed by atoms with E-state index in [1.807, 2.05) is 11.8 Å². The lowest BCUT2D eigenvalue weighted by Crippen LogP contribution is -2.41. The molecule has 6 nitrogen and oxygen atoms in total. The van der Waals surface area contributed by atoms with E-state index in [1.165, 1.54) is 18.2 Å². The molecule has 118 valence electrons. The predicted octanol–water partition coefficient (Wildman–Crippen LogP) is 2.42. The Morgan fingerprint density at radius 2 is 1.91 bits per heavy atom. The van der Waals surface area contributed by atoms with Gasteiger partial charge in [0.2, 0.25) is 0 Å². The fourth-order valence-corrected chi connectivity index (χ4v) is 3.33. The molecule has 2 N–H and O–H groups in total. The van der Waals surface area contributed by atoms with Gasteiger partial charge >= 0.3 is 0 Å². The summed E-state index contributed by atoms with van der Waals surface area (Å²) in [6.45, 7) is 2.32. The second-order valence-electron chi connectivity index (χ2n) is 4.07. The van der Waals surface area contributed by atoms with Gasteiger partial charge in [-0.05, 0) is 43.3 Å². The molecule has 0 aliphatic heterocycles. The highest BCUT2D eigenvalue weighted by Gasteiger charge is 2.16. The lowest BCUT2D eigenvalue weighted by atomic mass is 10.3. The van der Waals surface area contributed by atoms with E-state index < -0.39 is 15.9 Å². The minimum Gasteiger partial charge on any atom is -0.494 e. The Bertz CT molecular complexity index is 757. The lowest BCUT2D eigenvalue weighted by molar-refractivity contribution is 0.0949. The Morgan fingerprint density at radius 1 is 1.23 bits per heavy atom. The van der Waals surface area contributed by atoms with Crippen molar-refractivity contribution in [3.05, 3.63) is 45.6 Å². The molecule has 1 aromatic heterocycles. The fraction of sp³-hybridized carbons (Fsp3) is 0.154. The second kappa shape index (κ2) is 7.10. The van der Waals surface area contributed by atoms with Gasteiger partial charge in [-0.3, -0.25) is 10.2 Å². The van der Waals surface area contributed by atoms with Gasteiger partial charge in [-0.15, -0.1) is 16.2 Å². The highest BCUT2D eigenvalue weighted by molar-refractivity contribution is 7.89. The molecule has 0 aliphatic rings. The smallest absolute Gasteiger partial charge is 0.276 e. The fourth-order valence-electron chi connectivity index (χ4n) is 1.55. The summed E-state index contributed by atoms with van der Waals surface area (Å²) in [6.07, 6.45) is 0. The van der Waals surface area contributed by atoms with Gasteiger partial charge in [0.1, 0.15) is 5.75 Å². The van der Waals surface area contributed by atoms with E-state index in [2.05, 4.69) is 5.43 Å². The van der Waals surface area contributed by atoms with Crippen LogP contribution < -0.4 is 15.0 Å². The van der Waals surface area contributed by atoms with Crippen molar-refractivity contribution < 1.29 is 17.9 Å². The Hall–Kier alpha value is -1.61. The van der Waals surface area contributed by atoms with Crippen LogP contribution in [0.15, 0.2) is 41.3 Å². The van der Waals surface area contributed by atoms with Crippen LogP contribution in [0.25, 0.3) is 0 Å². The molecule has 9 heteroatoms. The summed E-state index contributed by atoms with van der Waals surface area (Å²) in [5, 5.41) is 0. The molecule has 0 fully saturated rings. The van der Waals surface area contributed by atoms with Crippen molar-refractivity contribution >= 4 is 38.9 Å². The Balaban J connectivity index is 2.03. The van der Waals surface area contributed by atoms with Crippen molar-refractivity contribution in [3.8, 4) is 5.75 Å². The number of carbonyl (C=O) groups is 1. The van der Waals surface area contributed by atoms with Crippen LogP contribution in [0.2, 0.25) is 4.34 Å². The zero-order chi connectivity index (χ0) is 16.2. The molecular formula is C13H13ClN2O4S2. The molecular weight excluding hydrogens is 348 g/mol. The Morgan fingerprint density at radius 3 is 2.45 bits per heavy atom. The molecule has 1 heterocycles. The van der Waals surface area contributed by atoms with Gasteiger partial charge < -0.3 is 4.74 Å². The Labute approximate surface area is 137 Å². The van der Waals surface area contributed by atoms with Gasteiger partial charge in [0.15, 0.2) is 0 Å². The first kappa shape index (κ1) is 16.8. The zero-order valence-electron chi connectivity index (χ0n) is 11.5. The summed E-state index contributed by atoms with van der Waals surface area (Å²) in [5.74, 6) is -0.00914. The summed E-state index contributed by atoms with van der Waals surface area (Å²) in [6, 6.07) is 8.93. The van der Waals surface area contributed by atoms with Gasteiger partial charge in [-0.1, -0.05) is 11.6 Å². The average Bonchev–Trinajstić information content (AvgIpc) is 2.92. The first-order valence-corrected chi connectivity index (χ1v) is 8.90. The molecule has 22 heavy (non-hydrogen) atoms. The second-order valence-corrected chi connectivity index (χ2v) is 7.47. The van der Waals surface area contributed by atoms with Crippen molar-refractivity contribution in [3.63, 3.8) is 0 Å². The number of hydrogen-bond acceptors (Lipinski definition) is 5. The Kier molecular flexibility index (Phi) is 5.41. The number of hydrogen-bond donors (Lipinski definition) is 2. The van der Waals surface area contributed by atoms with Crippen molar-refractivity contribution in [1.82, 2.24) is 10.3 Å². The van der Waals surface area contributed by atoms with Gasteiger partial charge in [0.05, 0.1) is 20.7 Å². The maximum absolute atomic E-state index is 12.1. The zero-order valence-corrected chi connectivity index (χ0v) is 13.9. The van der Waals surface area contributed by atoms with E-state index in [0.717, 1.165) is 11.3 Å². The highest BCUT2D eigenvalue weighted by Crippen LogP contribution is 2.21. The van der Waals surface area contributed by atoms with Crippen LogP contribution in [0.4, 0.5) is 0 Å². The van der Waals surface area contributed by atoms with Crippen molar-refractivity contribution in [2.45, 2.75) is 11.8 Å². The number of carbonyl (C=O) groups excluding carboxylic acids is 1. The van der Waals surface area contributed by atoms with Crippen LogP contribution in [-0.2, 0) is 10.0 Å². The minimum absolute atomic E-state index is 0.0143. The van der Waals surface area contributed by atoms with Crippen LogP contribution in [0.3, 0.4) is 0 Å². The molecule has 2 rings (SSSR count). The summed E-state index contributed by atoms with van der Waals surface area (Å²) in [4.78, 5) is 14.1. The number of benzene rings is 1. The van der Waals surface area contributed by atoms with Crippen LogP contribution in [0.1, 0.15) is 16.6 Å². The summed E-state index contributed by atoms with van der Waals surface area (Å²) >= 11 is 6.77. The number of amides is 1. The summed E-state index contributed by atoms with van der Waals surface area (Å²) in [7, 11) is -3.85. The quantitative estimate of drug-likeness (QED) is 0.775. The number of nitrogens with one attached hydrogen (secondary N) is 2. The van der Waals surface area contributed by atoms with Gasteiger partial charge in [0.25, 0.3) is 15.9 Å². The van der Waals surface area contributed by atoms with Crippen LogP contribution in [-0.4, -0.2) is 20.9 Å². The SMILES string of the molecule is CCOc1ccc(S(=O)(=O)NNC(=O)c2ccc(Cl)s2)cc1. The molecule has 0 spiro atoms. The first-order valence-electron chi connectivity index (χ1n) is 6.22. The van der Waals surface area contributed by atoms with E-state index in [1.54, 1.807) is 18.2 Å². The molecule has 0 saturated carbocycles. The number of thiophene rings is 1. The molecule has 0 atom stereocenters. The normalized spacial score (nSPS) is 11.2. The van der Waals surface area contributed by atoms with Gasteiger partial charge in [0, 0.05) is 0 Å². The maximum Gasteiger partial charge on any atom is 0.276 e. The van der Waals surface area contributed by atoms with Crippen molar-refractivity contribution in [2.75, 3.05) is 6.61 Å². The van der Waals surface area contributed by atoms with E-state index in [0.29, 0.717) is 21.6 Å². The standard InChI is InChI=1S/C13H13ClN2O4S2/c1-2-20-9-3-5-10(6-4-9)22(18,19)16-15-13(17)11-7-8-12(14)21-11/h3-8,16H,2H2,1H3,(H,15,17). The van der Waals surface area contributed by atoms with E-state index >= 15 is 0 Å². The van der Waals surface area contributed by atoms with Crippen molar-refractivity contribution in [1.29, 1.82) is 0 Å². The third-order valence-corrected chi connectivity index (χ3v) is 5.03. The molecule has 0 aliphatic carbocycles. The van der Waals surface area contributed by atoms with Gasteiger partial charge in [-0.2, -0.15) is 0 Å². The highest BCUT2D eigenvalue weighted by atomic mass is 35.5. The molecule has 0 saturated heterocycles. The monoisotopic (exact) mass is 360 g/mol. The number of ether oxygens (including phenoxy) is 1. The minimum atomic E-state index is -3.85. The number of rotatable bonds is 6. The number of sulfonamides is 1. The molecule has 0 radical (unpaired) electrons. The third kappa shape index (κ3) is 4.20. The third-order valence-electron chi connectivity index (χ3n) is 2.54. The molecule has 1 aromatic carbocycles. The van der Waals surface area contributed by atoms with E-state index in [-0.39, 0.29) is 4.90 Å². The number of hydrazine groups is 1. The van der Waals surface area contributed by atoms with Crippen molar-refractivity contribution in [2.24, 2.45) is 0 Å². The van der Waals surface area contributed by atoms with Crippen LogP contribution in [0.5, 0.6) is 5.75 Å². The van der Waals surface area contributed by atoms with Crippen LogP contribution >= 0.6 is 22.9 Å². The van der Waals surface area contributed by atoms with Crippen LogP contribution in [0, 0.1) is 0 Å². The predicted molar refractivity (Wildman–Crippen MR) is 84.7 cm³/mol. The molecule has 1 amide bonds. The van der Waals surface area contributed by atoms with Gasteiger partial charge in [-0.25, -0.2) is 8.42 Å². The van der Waals surface area contributed by atoms with E-state index in [4.69, 9.17) is 16.3 Å². The topological polar surface area (TPSA) is 84.5 Å². The summed E-state index contributed by atoms with van der Waals surface area (Å²) < 4.78 is 29.8. The average molecular weight is 361 g/mol. The first-order chi connectivity index (χ1) is 10.4. The molecule has 0 bridgehead atoms. The summed E-state index contributed by atoms with van der Waals surface area (Å²) in [5.41, 5.74) is 2.13. The largest absolute Gasteiger partial charge is 0.494 e.